The van der Waals surface area contributed by atoms with Crippen molar-refractivity contribution in [3.8, 4) is 11.8 Å². The molecule has 0 aromatic heterocycles. The molecular weight excluding hydrogens is 550 g/mol. The molecular formula is C21H19Br2N3O6. The third-order valence-corrected chi connectivity index (χ3v) is 5.13. The van der Waals surface area contributed by atoms with Crippen LogP contribution >= 0.6 is 31.9 Å². The number of rotatable bonds is 8. The fourth-order valence-electron chi connectivity index (χ4n) is 2.66. The maximum absolute atomic E-state index is 12.6. The summed E-state index contributed by atoms with van der Waals surface area (Å²) in [6, 6.07) is 11.3. The minimum Gasteiger partial charge on any atom is -0.506 e. The minimum absolute atomic E-state index is 0.186. The van der Waals surface area contributed by atoms with Crippen molar-refractivity contribution in [2.24, 2.45) is 0 Å². The van der Waals surface area contributed by atoms with Crippen molar-refractivity contribution in [3.63, 3.8) is 0 Å². The summed E-state index contributed by atoms with van der Waals surface area (Å²) in [6.45, 7) is 1.90. The topological polar surface area (TPSA) is 141 Å². The van der Waals surface area contributed by atoms with Gasteiger partial charge in [0, 0.05) is 28.4 Å². The molecule has 2 amide bonds. The minimum atomic E-state index is -1.18. The first-order valence-corrected chi connectivity index (χ1v) is 10.8. The van der Waals surface area contributed by atoms with E-state index in [2.05, 4.69) is 37.2 Å². The molecule has 2 atom stereocenters. The number of aromatic hydroxyl groups is 1. The second-order valence-electron chi connectivity index (χ2n) is 6.22. The number of halogens is 2. The number of nitrogens with one attached hydrogen (secondary N) is 2. The summed E-state index contributed by atoms with van der Waals surface area (Å²) < 4.78 is 12.2. The molecule has 0 spiro atoms. The molecule has 0 aliphatic heterocycles. The van der Waals surface area contributed by atoms with Gasteiger partial charge in [-0.15, -0.1) is 0 Å². The Kier molecular flexibility index (Phi) is 9.67. The molecule has 11 heteroatoms. The number of nitriles is 1. The van der Waals surface area contributed by atoms with Gasteiger partial charge < -0.3 is 14.6 Å². The summed E-state index contributed by atoms with van der Waals surface area (Å²) in [5.41, 5.74) is 2.48. The summed E-state index contributed by atoms with van der Waals surface area (Å²) in [5, 5.41) is 30.7. The van der Waals surface area contributed by atoms with E-state index < -0.39 is 24.2 Å². The Bertz CT molecular complexity index is 1040. The molecule has 2 aromatic carbocycles. The van der Waals surface area contributed by atoms with Gasteiger partial charge in [-0.05, 0) is 65.3 Å². The highest BCUT2D eigenvalue weighted by Gasteiger charge is 2.30. The summed E-state index contributed by atoms with van der Waals surface area (Å²) in [5.74, 6) is -0.996. The largest absolute Gasteiger partial charge is 0.506 e. The number of carbonyl (C=O) groups excluding carboxylic acids is 2. The van der Waals surface area contributed by atoms with Gasteiger partial charge in [0.05, 0.1) is 16.1 Å². The molecule has 0 fully saturated rings. The van der Waals surface area contributed by atoms with Gasteiger partial charge >= 0.3 is 6.09 Å². The Balaban J connectivity index is 2.40. The number of hydroxylamine groups is 1. The second kappa shape index (κ2) is 12.2. The van der Waals surface area contributed by atoms with Gasteiger partial charge in [-0.3, -0.25) is 15.3 Å². The highest BCUT2D eigenvalue weighted by molar-refractivity contribution is 9.11. The summed E-state index contributed by atoms with van der Waals surface area (Å²) >= 11 is 6.57. The number of hydrogen-bond donors (Lipinski definition) is 4. The highest BCUT2D eigenvalue weighted by atomic mass is 79.9. The van der Waals surface area contributed by atoms with Crippen molar-refractivity contribution in [2.45, 2.75) is 19.1 Å². The standard InChI is InChI=1S/C21H19Br2N3O6/c1-2-31-17(7-8-18(27)26-30)20(15-9-13(22)10-16(23)19(15)28)32-21(29)25-14-5-3-12(11-24)4-6-14/h3-10,17,20,28,30H,2H2,1H3,(H,25,29)(H,26,27)/b8-7+/t17-,20-/m0/s1. The van der Waals surface area contributed by atoms with E-state index in [1.807, 2.05) is 6.07 Å². The highest BCUT2D eigenvalue weighted by Crippen LogP contribution is 2.39. The molecule has 0 bridgehead atoms. The molecule has 0 radical (unpaired) electrons. The van der Waals surface area contributed by atoms with Crippen molar-refractivity contribution in [1.29, 1.82) is 5.26 Å². The number of phenols is 1. The van der Waals surface area contributed by atoms with Crippen molar-refractivity contribution < 1.29 is 29.4 Å². The number of ether oxygens (including phenoxy) is 2. The fraction of sp³-hybridized carbons (Fsp3) is 0.190. The Morgan fingerprint density at radius 3 is 2.53 bits per heavy atom. The predicted molar refractivity (Wildman–Crippen MR) is 122 cm³/mol. The summed E-state index contributed by atoms with van der Waals surface area (Å²) in [7, 11) is 0. The van der Waals surface area contributed by atoms with Gasteiger partial charge in [-0.2, -0.15) is 5.26 Å². The molecule has 168 valence electrons. The predicted octanol–water partition coefficient (Wildman–Crippen LogP) is 4.55. The van der Waals surface area contributed by atoms with E-state index in [0.717, 1.165) is 6.08 Å². The van der Waals surface area contributed by atoms with Crippen molar-refractivity contribution in [2.75, 3.05) is 11.9 Å². The zero-order chi connectivity index (χ0) is 23.7. The van der Waals surface area contributed by atoms with Gasteiger partial charge in [-0.1, -0.05) is 15.9 Å². The molecule has 2 aromatic rings. The van der Waals surface area contributed by atoms with Crippen LogP contribution in [0.4, 0.5) is 10.5 Å². The SMILES string of the molecule is CCO[C@@H](/C=C/C(=O)NO)[C@@H](OC(=O)Nc1ccc(C#N)cc1)c1cc(Br)cc(Br)c1O. The molecule has 0 heterocycles. The first-order chi connectivity index (χ1) is 15.3. The number of hydrogen-bond acceptors (Lipinski definition) is 7. The van der Waals surface area contributed by atoms with Crippen LogP contribution in [0, 0.1) is 11.3 Å². The molecule has 0 unspecified atom stereocenters. The molecule has 2 rings (SSSR count). The van der Waals surface area contributed by atoms with Gasteiger partial charge in [0.25, 0.3) is 5.91 Å². The van der Waals surface area contributed by atoms with Crippen molar-refractivity contribution in [1.82, 2.24) is 5.48 Å². The molecule has 32 heavy (non-hydrogen) atoms. The lowest BCUT2D eigenvalue weighted by molar-refractivity contribution is -0.124. The molecule has 0 aliphatic rings. The Morgan fingerprint density at radius 2 is 1.94 bits per heavy atom. The molecule has 0 saturated heterocycles. The molecule has 0 aliphatic carbocycles. The van der Waals surface area contributed by atoms with Crippen molar-refractivity contribution >= 4 is 49.5 Å². The maximum Gasteiger partial charge on any atom is 0.412 e. The fourth-order valence-corrected chi connectivity index (χ4v) is 3.92. The van der Waals surface area contributed by atoms with Crippen LogP contribution in [0.15, 0.2) is 57.5 Å². The monoisotopic (exact) mass is 567 g/mol. The van der Waals surface area contributed by atoms with Crippen LogP contribution in [0.5, 0.6) is 5.75 Å². The molecule has 0 saturated carbocycles. The third kappa shape index (κ3) is 7.06. The molecule has 4 N–H and O–H groups in total. The van der Waals surface area contributed by atoms with E-state index in [0.29, 0.717) is 20.2 Å². The lowest BCUT2D eigenvalue weighted by atomic mass is 10.0. The second-order valence-corrected chi connectivity index (χ2v) is 7.99. The van der Waals surface area contributed by atoms with Crippen LogP contribution in [-0.2, 0) is 14.3 Å². The van der Waals surface area contributed by atoms with E-state index in [9.17, 15) is 14.7 Å². The number of anilines is 1. The number of amides is 2. The summed E-state index contributed by atoms with van der Waals surface area (Å²) in [4.78, 5) is 24.1. The Morgan fingerprint density at radius 1 is 1.25 bits per heavy atom. The van der Waals surface area contributed by atoms with Crippen LogP contribution < -0.4 is 10.8 Å². The van der Waals surface area contributed by atoms with E-state index in [1.54, 1.807) is 19.1 Å². The average Bonchev–Trinajstić information content (AvgIpc) is 2.78. The lowest BCUT2D eigenvalue weighted by Crippen LogP contribution is -2.28. The zero-order valence-corrected chi connectivity index (χ0v) is 19.9. The van der Waals surface area contributed by atoms with E-state index in [-0.39, 0.29) is 17.9 Å². The maximum atomic E-state index is 12.6. The average molecular weight is 569 g/mol. The Hall–Kier alpha value is -2.91. The van der Waals surface area contributed by atoms with Crippen LogP contribution in [0.3, 0.4) is 0 Å². The lowest BCUT2D eigenvalue weighted by Gasteiger charge is -2.26. The number of carbonyl (C=O) groups is 2. The van der Waals surface area contributed by atoms with Crippen LogP contribution in [-0.4, -0.2) is 35.0 Å². The number of nitrogens with zero attached hydrogens (tertiary/aromatic N) is 1. The first-order valence-electron chi connectivity index (χ1n) is 9.18. The van der Waals surface area contributed by atoms with Crippen LogP contribution in [0.2, 0.25) is 0 Å². The van der Waals surface area contributed by atoms with E-state index >= 15 is 0 Å². The Labute approximate surface area is 200 Å². The van der Waals surface area contributed by atoms with Gasteiger partial charge in [0.2, 0.25) is 0 Å². The third-order valence-electron chi connectivity index (χ3n) is 4.06. The summed E-state index contributed by atoms with van der Waals surface area (Å²) in [6.07, 6.45) is -0.719. The van der Waals surface area contributed by atoms with Crippen molar-refractivity contribution in [3.05, 3.63) is 68.6 Å². The number of phenolic OH excluding ortho intramolecular Hbond substituents is 1. The zero-order valence-electron chi connectivity index (χ0n) is 16.7. The van der Waals surface area contributed by atoms with Crippen LogP contribution in [0.1, 0.15) is 24.2 Å². The normalized spacial score (nSPS) is 12.6. The van der Waals surface area contributed by atoms with Crippen LogP contribution in [0.25, 0.3) is 0 Å². The van der Waals surface area contributed by atoms with Gasteiger partial charge in [0.15, 0.2) is 6.10 Å². The quantitative estimate of drug-likeness (QED) is 0.208. The molecule has 9 nitrogen and oxygen atoms in total. The van der Waals surface area contributed by atoms with E-state index in [4.69, 9.17) is 19.9 Å². The first kappa shape index (κ1) is 25.4. The smallest absolute Gasteiger partial charge is 0.412 e. The van der Waals surface area contributed by atoms with E-state index in [1.165, 1.54) is 35.8 Å². The number of benzene rings is 2. The van der Waals surface area contributed by atoms with Gasteiger partial charge in [0.1, 0.15) is 11.9 Å². The van der Waals surface area contributed by atoms with Gasteiger partial charge in [-0.25, -0.2) is 10.3 Å².